The summed E-state index contributed by atoms with van der Waals surface area (Å²) in [4.78, 5) is 23.3. The molecule has 1 amide bonds. The number of halogens is 4. The van der Waals surface area contributed by atoms with E-state index in [-0.39, 0.29) is 0 Å². The Morgan fingerprint density at radius 2 is 1.73 bits per heavy atom. The molecule has 0 spiro atoms. The Hall–Kier alpha value is -2.80. The van der Waals surface area contributed by atoms with Gasteiger partial charge in [-0.2, -0.15) is 13.2 Å². The Morgan fingerprint density at radius 1 is 1.08 bits per heavy atom. The van der Waals surface area contributed by atoms with Gasteiger partial charge in [-0.25, -0.2) is 4.79 Å². The fourth-order valence-corrected chi connectivity index (χ4v) is 2.18. The second-order valence-electron chi connectivity index (χ2n) is 5.05. The van der Waals surface area contributed by atoms with Gasteiger partial charge in [0.2, 0.25) is 0 Å². The molecule has 0 unspecified atom stereocenters. The van der Waals surface area contributed by atoms with Gasteiger partial charge >= 0.3 is 12.1 Å². The Balaban J connectivity index is 1.91. The molecule has 2 aromatic carbocycles. The molecule has 2 rings (SSSR count). The molecule has 0 radical (unpaired) electrons. The molecule has 0 heterocycles. The highest BCUT2D eigenvalue weighted by atomic mass is 35.5. The molecule has 1 N–H and O–H groups in total. The third-order valence-corrected chi connectivity index (χ3v) is 3.50. The third-order valence-electron chi connectivity index (χ3n) is 3.16. The molecule has 2 aromatic rings. The molecule has 136 valence electrons. The zero-order valence-corrected chi connectivity index (χ0v) is 14.0. The fraction of sp³-hybridized carbons (Fsp3) is 0.111. The van der Waals surface area contributed by atoms with E-state index in [4.69, 9.17) is 16.3 Å². The quantitative estimate of drug-likeness (QED) is 0.608. The lowest BCUT2D eigenvalue weighted by Gasteiger charge is -2.13. The molecule has 0 fully saturated rings. The summed E-state index contributed by atoms with van der Waals surface area (Å²) in [6, 6.07) is 11.3. The molecule has 0 bridgehead atoms. The van der Waals surface area contributed by atoms with Crippen LogP contribution >= 0.6 is 11.6 Å². The molecular formula is C18H13ClF3NO3. The van der Waals surface area contributed by atoms with Crippen LogP contribution < -0.4 is 5.32 Å². The molecule has 0 aliphatic rings. The van der Waals surface area contributed by atoms with Gasteiger partial charge in [0.25, 0.3) is 5.91 Å². The van der Waals surface area contributed by atoms with Crippen molar-refractivity contribution in [2.75, 3.05) is 11.9 Å². The fourth-order valence-electron chi connectivity index (χ4n) is 1.98. The maximum atomic E-state index is 12.9. The molecule has 0 aliphatic carbocycles. The molecule has 0 atom stereocenters. The van der Waals surface area contributed by atoms with E-state index in [0.717, 1.165) is 18.2 Å². The molecular weight excluding hydrogens is 371 g/mol. The normalized spacial score (nSPS) is 11.4. The molecule has 0 aromatic heterocycles. The van der Waals surface area contributed by atoms with Gasteiger partial charge < -0.3 is 10.1 Å². The van der Waals surface area contributed by atoms with Gasteiger partial charge in [0.1, 0.15) is 0 Å². The Morgan fingerprint density at radius 3 is 2.42 bits per heavy atom. The first kappa shape index (κ1) is 19.5. The summed E-state index contributed by atoms with van der Waals surface area (Å²) < 4.78 is 43.3. The lowest BCUT2D eigenvalue weighted by Crippen LogP contribution is -2.22. The van der Waals surface area contributed by atoms with Crippen molar-refractivity contribution >= 4 is 35.2 Å². The summed E-state index contributed by atoms with van der Waals surface area (Å²) in [7, 11) is 0. The van der Waals surface area contributed by atoms with Crippen LogP contribution in [-0.4, -0.2) is 18.5 Å². The standard InChI is InChI=1S/C18H13ClF3NO3/c19-14-7-3-1-5-12(14)9-10-17(25)26-11-16(24)23-15-8-4-2-6-13(15)18(20,21)22/h1-10H,11H2,(H,23,24)/b10-9+. The van der Waals surface area contributed by atoms with Crippen molar-refractivity contribution in [2.24, 2.45) is 0 Å². The van der Waals surface area contributed by atoms with Crippen molar-refractivity contribution in [1.29, 1.82) is 0 Å². The zero-order chi connectivity index (χ0) is 19.2. The largest absolute Gasteiger partial charge is 0.452 e. The first-order valence-electron chi connectivity index (χ1n) is 7.33. The Labute approximate surface area is 152 Å². The number of ether oxygens (including phenoxy) is 1. The van der Waals surface area contributed by atoms with E-state index in [9.17, 15) is 22.8 Å². The number of carbonyl (C=O) groups is 2. The van der Waals surface area contributed by atoms with E-state index in [1.54, 1.807) is 24.3 Å². The van der Waals surface area contributed by atoms with Crippen LogP contribution in [0.2, 0.25) is 5.02 Å². The van der Waals surface area contributed by atoms with Crippen LogP contribution in [0.4, 0.5) is 18.9 Å². The van der Waals surface area contributed by atoms with Gasteiger partial charge in [-0.05, 0) is 29.8 Å². The number of hydrogen-bond donors (Lipinski definition) is 1. The number of anilines is 1. The topological polar surface area (TPSA) is 55.4 Å². The summed E-state index contributed by atoms with van der Waals surface area (Å²) in [5.74, 6) is -1.72. The molecule has 0 saturated heterocycles. The minimum absolute atomic E-state index is 0.410. The molecule has 0 aliphatic heterocycles. The number of rotatable bonds is 5. The summed E-state index contributed by atoms with van der Waals surface area (Å²) in [5.41, 5.74) is -0.819. The monoisotopic (exact) mass is 383 g/mol. The average Bonchev–Trinajstić information content (AvgIpc) is 2.59. The van der Waals surface area contributed by atoms with Crippen LogP contribution in [0.5, 0.6) is 0 Å². The SMILES string of the molecule is O=C(COC(=O)/C=C/c1ccccc1Cl)Nc1ccccc1C(F)(F)F. The van der Waals surface area contributed by atoms with E-state index in [0.29, 0.717) is 10.6 Å². The number of amides is 1. The van der Waals surface area contributed by atoms with E-state index in [2.05, 4.69) is 5.32 Å². The maximum Gasteiger partial charge on any atom is 0.418 e. The van der Waals surface area contributed by atoms with E-state index in [1.807, 2.05) is 0 Å². The highest BCUT2D eigenvalue weighted by Gasteiger charge is 2.33. The minimum atomic E-state index is -4.61. The van der Waals surface area contributed by atoms with Crippen LogP contribution in [-0.2, 0) is 20.5 Å². The molecule has 8 heteroatoms. The predicted octanol–water partition coefficient (Wildman–Crippen LogP) is 4.55. The van der Waals surface area contributed by atoms with Crippen molar-refractivity contribution in [2.45, 2.75) is 6.18 Å². The number of hydrogen-bond acceptors (Lipinski definition) is 3. The van der Waals surface area contributed by atoms with E-state index in [1.165, 1.54) is 18.2 Å². The predicted molar refractivity (Wildman–Crippen MR) is 91.5 cm³/mol. The number of esters is 1. The number of benzene rings is 2. The van der Waals surface area contributed by atoms with Crippen LogP contribution in [0, 0.1) is 0 Å². The van der Waals surface area contributed by atoms with E-state index >= 15 is 0 Å². The summed E-state index contributed by atoms with van der Waals surface area (Å²) >= 11 is 5.92. The molecule has 4 nitrogen and oxygen atoms in total. The average molecular weight is 384 g/mol. The van der Waals surface area contributed by atoms with Gasteiger partial charge in [-0.3, -0.25) is 4.79 Å². The van der Waals surface area contributed by atoms with Crippen molar-refractivity contribution in [3.8, 4) is 0 Å². The van der Waals surface area contributed by atoms with Crippen LogP contribution in [0.15, 0.2) is 54.6 Å². The summed E-state index contributed by atoms with van der Waals surface area (Å²) in [6.07, 6.45) is -2.14. The van der Waals surface area contributed by atoms with Crippen LogP contribution in [0.25, 0.3) is 6.08 Å². The van der Waals surface area contributed by atoms with Crippen molar-refractivity contribution in [3.05, 3.63) is 70.8 Å². The van der Waals surface area contributed by atoms with Crippen molar-refractivity contribution < 1.29 is 27.5 Å². The first-order chi connectivity index (χ1) is 12.3. The number of para-hydroxylation sites is 1. The number of carbonyl (C=O) groups excluding carboxylic acids is 2. The lowest BCUT2D eigenvalue weighted by molar-refractivity contribution is -0.142. The Bertz CT molecular complexity index is 834. The van der Waals surface area contributed by atoms with Gasteiger partial charge in [0, 0.05) is 11.1 Å². The van der Waals surface area contributed by atoms with Crippen LogP contribution in [0.3, 0.4) is 0 Å². The van der Waals surface area contributed by atoms with Crippen molar-refractivity contribution in [3.63, 3.8) is 0 Å². The van der Waals surface area contributed by atoms with Gasteiger partial charge in [-0.1, -0.05) is 41.9 Å². The van der Waals surface area contributed by atoms with Gasteiger partial charge in [-0.15, -0.1) is 0 Å². The Kier molecular flexibility index (Phi) is 6.41. The smallest absolute Gasteiger partial charge is 0.418 e. The molecule has 0 saturated carbocycles. The first-order valence-corrected chi connectivity index (χ1v) is 7.70. The maximum absolute atomic E-state index is 12.9. The minimum Gasteiger partial charge on any atom is -0.452 e. The molecule has 26 heavy (non-hydrogen) atoms. The van der Waals surface area contributed by atoms with E-state index < -0.39 is 35.9 Å². The summed E-state index contributed by atoms with van der Waals surface area (Å²) in [5, 5.41) is 2.50. The second-order valence-corrected chi connectivity index (χ2v) is 5.46. The van der Waals surface area contributed by atoms with Crippen LogP contribution in [0.1, 0.15) is 11.1 Å². The van der Waals surface area contributed by atoms with Gasteiger partial charge in [0.15, 0.2) is 6.61 Å². The number of alkyl halides is 3. The number of nitrogens with one attached hydrogen (secondary N) is 1. The second kappa shape index (κ2) is 8.53. The third kappa shape index (κ3) is 5.63. The van der Waals surface area contributed by atoms with Gasteiger partial charge in [0.05, 0.1) is 11.3 Å². The summed E-state index contributed by atoms with van der Waals surface area (Å²) in [6.45, 7) is -0.724. The highest BCUT2D eigenvalue weighted by molar-refractivity contribution is 6.32. The van der Waals surface area contributed by atoms with Crippen molar-refractivity contribution in [1.82, 2.24) is 0 Å². The lowest BCUT2D eigenvalue weighted by atomic mass is 10.1. The highest BCUT2D eigenvalue weighted by Crippen LogP contribution is 2.34. The zero-order valence-electron chi connectivity index (χ0n) is 13.2.